The molecule has 0 saturated heterocycles. The average molecular weight is 302 g/mol. The number of nitrogens with zero attached hydrogens (tertiary/aromatic N) is 1. The molecular formula is C11H14N2O6S. The summed E-state index contributed by atoms with van der Waals surface area (Å²) < 4.78 is 22.8. The molecule has 0 heterocycles. The van der Waals surface area contributed by atoms with Gasteiger partial charge in [-0.1, -0.05) is 25.5 Å². The number of para-hydroxylation sites is 1. The van der Waals surface area contributed by atoms with Crippen molar-refractivity contribution < 1.29 is 23.2 Å². The molecule has 1 atom stereocenters. The first-order chi connectivity index (χ1) is 9.20. The Morgan fingerprint density at radius 3 is 2.50 bits per heavy atom. The van der Waals surface area contributed by atoms with Crippen LogP contribution in [-0.2, 0) is 14.8 Å². The van der Waals surface area contributed by atoms with E-state index in [0.717, 1.165) is 6.07 Å². The average Bonchev–Trinajstić information content (AvgIpc) is 2.33. The minimum absolute atomic E-state index is 0.157. The molecule has 8 nitrogen and oxygen atoms in total. The Kier molecular flexibility index (Phi) is 4.79. The summed E-state index contributed by atoms with van der Waals surface area (Å²) in [5.41, 5.74) is -0.924. The molecule has 0 fully saturated rings. The molecule has 20 heavy (non-hydrogen) atoms. The molecule has 0 bridgehead atoms. The summed E-state index contributed by atoms with van der Waals surface area (Å²) in [7, 11) is -4.31. The molecule has 0 saturated carbocycles. The van der Waals surface area contributed by atoms with Crippen molar-refractivity contribution in [2.75, 3.05) is 0 Å². The highest BCUT2D eigenvalue weighted by Gasteiger charge is 2.32. The van der Waals surface area contributed by atoms with Crippen molar-refractivity contribution in [3.63, 3.8) is 0 Å². The lowest BCUT2D eigenvalue weighted by molar-refractivity contribution is -0.388. The summed E-state index contributed by atoms with van der Waals surface area (Å²) in [5, 5.41) is 25.2. The molecule has 0 radical (unpaired) electrons. The van der Waals surface area contributed by atoms with Crippen LogP contribution in [0.15, 0.2) is 23.1 Å². The van der Waals surface area contributed by atoms with Crippen LogP contribution >= 0.6 is 0 Å². The number of sulfonamides is 1. The topological polar surface area (TPSA) is 141 Å². The van der Waals surface area contributed by atoms with Gasteiger partial charge in [-0.3, -0.25) is 14.9 Å². The zero-order valence-electron chi connectivity index (χ0n) is 10.6. The minimum Gasteiger partial charge on any atom is -0.481 e. The predicted molar refractivity (Wildman–Crippen MR) is 69.8 cm³/mol. The lowest BCUT2D eigenvalue weighted by Crippen LogP contribution is -2.18. The highest BCUT2D eigenvalue weighted by atomic mass is 32.2. The van der Waals surface area contributed by atoms with Gasteiger partial charge in [0.25, 0.3) is 5.69 Å². The Morgan fingerprint density at radius 1 is 1.50 bits per heavy atom. The number of hydrogen-bond acceptors (Lipinski definition) is 5. The van der Waals surface area contributed by atoms with Crippen molar-refractivity contribution in [2.24, 2.45) is 5.14 Å². The van der Waals surface area contributed by atoms with Crippen LogP contribution in [0.3, 0.4) is 0 Å². The van der Waals surface area contributed by atoms with Crippen LogP contribution in [-0.4, -0.2) is 24.4 Å². The van der Waals surface area contributed by atoms with Gasteiger partial charge in [0.15, 0.2) is 4.90 Å². The summed E-state index contributed by atoms with van der Waals surface area (Å²) in [6.07, 6.45) is 0.637. The van der Waals surface area contributed by atoms with E-state index in [1.807, 2.05) is 0 Å². The molecule has 0 spiro atoms. The third-order valence-electron chi connectivity index (χ3n) is 2.77. The zero-order valence-corrected chi connectivity index (χ0v) is 11.5. The van der Waals surface area contributed by atoms with Gasteiger partial charge in [-0.05, 0) is 12.5 Å². The van der Waals surface area contributed by atoms with E-state index in [1.165, 1.54) is 12.1 Å². The van der Waals surface area contributed by atoms with Crippen LogP contribution in [0.4, 0.5) is 5.69 Å². The number of aliphatic carboxylic acids is 1. The number of benzene rings is 1. The number of nitro benzene ring substituents is 1. The van der Waals surface area contributed by atoms with Gasteiger partial charge in [-0.15, -0.1) is 0 Å². The molecule has 0 aliphatic rings. The predicted octanol–water partition coefficient (Wildman–Crippen LogP) is 1.21. The number of hydrogen-bond donors (Lipinski definition) is 2. The summed E-state index contributed by atoms with van der Waals surface area (Å²) in [6, 6.07) is 3.47. The molecule has 0 aliphatic heterocycles. The Hall–Kier alpha value is -2.00. The van der Waals surface area contributed by atoms with Gasteiger partial charge >= 0.3 is 5.97 Å². The molecule has 0 aromatic heterocycles. The maximum atomic E-state index is 11.4. The highest BCUT2D eigenvalue weighted by Crippen LogP contribution is 2.34. The normalized spacial score (nSPS) is 12.9. The largest absolute Gasteiger partial charge is 0.481 e. The van der Waals surface area contributed by atoms with E-state index in [2.05, 4.69) is 0 Å². The van der Waals surface area contributed by atoms with Gasteiger partial charge in [0.05, 0.1) is 10.8 Å². The Morgan fingerprint density at radius 2 is 2.10 bits per heavy atom. The second-order valence-electron chi connectivity index (χ2n) is 4.18. The second kappa shape index (κ2) is 5.97. The van der Waals surface area contributed by atoms with Gasteiger partial charge in [0, 0.05) is 5.56 Å². The number of rotatable bonds is 6. The monoisotopic (exact) mass is 302 g/mol. The number of primary sulfonamides is 1. The number of carbonyl (C=O) groups is 1. The molecule has 0 aliphatic carbocycles. The van der Waals surface area contributed by atoms with E-state index in [0.29, 0.717) is 6.42 Å². The third kappa shape index (κ3) is 3.31. The molecule has 1 rings (SSSR count). The molecule has 0 amide bonds. The smallest absolute Gasteiger partial charge is 0.311 e. The lowest BCUT2D eigenvalue weighted by Gasteiger charge is -2.13. The quantitative estimate of drug-likeness (QED) is 0.597. The van der Waals surface area contributed by atoms with E-state index >= 15 is 0 Å². The first-order valence-electron chi connectivity index (χ1n) is 5.73. The van der Waals surface area contributed by atoms with Gasteiger partial charge in [-0.25, -0.2) is 13.6 Å². The molecule has 3 N–H and O–H groups in total. The number of carboxylic acids is 1. The van der Waals surface area contributed by atoms with E-state index in [4.69, 9.17) is 10.2 Å². The standard InChI is InChI=1S/C11H14N2O6S/c1-2-4-8(11(14)15)7-5-3-6-9(20(12,18)19)10(7)13(16)17/h3,5-6,8H,2,4H2,1H3,(H,14,15)(H2,12,18,19). The number of nitrogens with two attached hydrogens (primary N) is 1. The first-order valence-corrected chi connectivity index (χ1v) is 7.27. The van der Waals surface area contributed by atoms with Crippen LogP contribution in [0.2, 0.25) is 0 Å². The Labute approximate surface area is 115 Å². The van der Waals surface area contributed by atoms with Crippen LogP contribution in [0.1, 0.15) is 31.2 Å². The second-order valence-corrected chi connectivity index (χ2v) is 5.71. The molecule has 1 aromatic rings. The summed E-state index contributed by atoms with van der Waals surface area (Å²) in [4.78, 5) is 20.7. The van der Waals surface area contributed by atoms with E-state index < -0.39 is 37.4 Å². The van der Waals surface area contributed by atoms with Crippen LogP contribution in [0.5, 0.6) is 0 Å². The van der Waals surface area contributed by atoms with Gasteiger partial charge < -0.3 is 5.11 Å². The van der Waals surface area contributed by atoms with Crippen molar-refractivity contribution in [1.82, 2.24) is 0 Å². The summed E-state index contributed by atoms with van der Waals surface area (Å²) >= 11 is 0. The number of nitro groups is 1. The molecule has 1 aromatic carbocycles. The van der Waals surface area contributed by atoms with Crippen molar-refractivity contribution >= 4 is 21.7 Å². The number of carboxylic acid groups (broad SMARTS) is 1. The fraction of sp³-hybridized carbons (Fsp3) is 0.364. The van der Waals surface area contributed by atoms with E-state index in [1.54, 1.807) is 6.92 Å². The van der Waals surface area contributed by atoms with Gasteiger partial charge in [0.2, 0.25) is 10.0 Å². The summed E-state index contributed by atoms with van der Waals surface area (Å²) in [6.45, 7) is 1.73. The van der Waals surface area contributed by atoms with Gasteiger partial charge in [-0.2, -0.15) is 0 Å². The third-order valence-corrected chi connectivity index (χ3v) is 3.71. The van der Waals surface area contributed by atoms with Crippen LogP contribution < -0.4 is 5.14 Å². The summed E-state index contributed by atoms with van der Waals surface area (Å²) in [5.74, 6) is -2.40. The van der Waals surface area contributed by atoms with Crippen molar-refractivity contribution in [3.05, 3.63) is 33.9 Å². The fourth-order valence-electron chi connectivity index (χ4n) is 1.95. The minimum atomic E-state index is -4.31. The van der Waals surface area contributed by atoms with E-state index in [9.17, 15) is 23.3 Å². The van der Waals surface area contributed by atoms with Crippen LogP contribution in [0, 0.1) is 10.1 Å². The Balaban J connectivity index is 3.63. The zero-order chi connectivity index (χ0) is 15.5. The highest BCUT2D eigenvalue weighted by molar-refractivity contribution is 7.89. The lowest BCUT2D eigenvalue weighted by atomic mass is 9.93. The maximum absolute atomic E-state index is 11.4. The van der Waals surface area contributed by atoms with Crippen molar-refractivity contribution in [3.8, 4) is 0 Å². The fourth-order valence-corrected chi connectivity index (χ4v) is 2.68. The van der Waals surface area contributed by atoms with Gasteiger partial charge in [0.1, 0.15) is 0 Å². The molecular weight excluding hydrogens is 288 g/mol. The van der Waals surface area contributed by atoms with Crippen LogP contribution in [0.25, 0.3) is 0 Å². The van der Waals surface area contributed by atoms with E-state index in [-0.39, 0.29) is 12.0 Å². The van der Waals surface area contributed by atoms with Crippen molar-refractivity contribution in [2.45, 2.75) is 30.6 Å². The van der Waals surface area contributed by atoms with Crippen molar-refractivity contribution in [1.29, 1.82) is 0 Å². The SMILES string of the molecule is CCCC(C(=O)O)c1cccc(S(N)(=O)=O)c1[N+](=O)[O-]. The molecule has 1 unspecified atom stereocenters. The Bertz CT molecular complexity index is 640. The molecule has 9 heteroatoms. The maximum Gasteiger partial charge on any atom is 0.311 e. The molecule has 110 valence electrons. The first kappa shape index (κ1) is 16.1.